The average molecular weight is 661 g/mol. The predicted octanol–water partition coefficient (Wildman–Crippen LogP) is 6.21. The molecule has 4 rings (SSSR count). The molecule has 0 saturated carbocycles. The van der Waals surface area contributed by atoms with Gasteiger partial charge in [0.25, 0.3) is 8.32 Å². The molecule has 9 heteroatoms. The summed E-state index contributed by atoms with van der Waals surface area (Å²) in [6.07, 6.45) is 2.42. The Hall–Kier alpha value is -3.53. The maximum Gasteiger partial charge on any atom is 0.407 e. The minimum atomic E-state index is -3.22. The van der Waals surface area contributed by atoms with E-state index in [4.69, 9.17) is 4.74 Å². The molecular weight excluding hydrogens is 613 g/mol. The van der Waals surface area contributed by atoms with Gasteiger partial charge >= 0.3 is 6.09 Å². The molecule has 7 nitrogen and oxygen atoms in total. The summed E-state index contributed by atoms with van der Waals surface area (Å²) < 4.78 is 20.5. The van der Waals surface area contributed by atoms with Crippen molar-refractivity contribution in [1.82, 2.24) is 9.88 Å². The predicted molar refractivity (Wildman–Crippen MR) is 190 cm³/mol. The highest BCUT2D eigenvalue weighted by atomic mass is 32.2. The lowest BCUT2D eigenvalue weighted by Gasteiger charge is -2.41. The third-order valence-corrected chi connectivity index (χ3v) is 14.1. The SMILES string of the molecule is CC(C)C(=O)c1cc2cc(CCC(C)(C)[Si](O)(c3ccccc3)c3ccccc3)c(S(C)=O)cc2n1CCNC(=O)OC(C)(C)C. The summed E-state index contributed by atoms with van der Waals surface area (Å²) >= 11 is 0. The largest absolute Gasteiger partial charge is 0.444 e. The fraction of sp³-hybridized carbons (Fsp3) is 0.405. The van der Waals surface area contributed by atoms with Crippen molar-refractivity contribution in [2.75, 3.05) is 12.8 Å². The molecule has 1 amide bonds. The molecule has 1 unspecified atom stereocenters. The third kappa shape index (κ3) is 7.70. The number of hydrogen-bond acceptors (Lipinski definition) is 5. The molecule has 246 valence electrons. The molecule has 2 N–H and O–H groups in total. The number of carbonyl (C=O) groups excluding carboxylic acids is 2. The van der Waals surface area contributed by atoms with E-state index < -0.39 is 35.8 Å². The van der Waals surface area contributed by atoms with Crippen LogP contribution < -0.4 is 15.7 Å². The van der Waals surface area contributed by atoms with Gasteiger partial charge in [0.15, 0.2) is 5.78 Å². The molecule has 0 radical (unpaired) electrons. The summed E-state index contributed by atoms with van der Waals surface area (Å²) in [5.74, 6) is -0.224. The number of aryl methyl sites for hydroxylation is 1. The van der Waals surface area contributed by atoms with Crippen LogP contribution in [0.25, 0.3) is 10.9 Å². The molecule has 1 atom stereocenters. The van der Waals surface area contributed by atoms with Crippen molar-refractivity contribution in [2.24, 2.45) is 5.92 Å². The first-order chi connectivity index (χ1) is 21.5. The van der Waals surface area contributed by atoms with Gasteiger partial charge in [-0.3, -0.25) is 9.00 Å². The number of aromatic nitrogens is 1. The highest BCUT2D eigenvalue weighted by Gasteiger charge is 2.49. The fourth-order valence-corrected chi connectivity index (χ4v) is 10.6. The minimum absolute atomic E-state index is 0.00268. The molecule has 3 aromatic carbocycles. The zero-order valence-electron chi connectivity index (χ0n) is 28.3. The number of fused-ring (bicyclic) bond motifs is 1. The average Bonchev–Trinajstić information content (AvgIpc) is 3.35. The van der Waals surface area contributed by atoms with Gasteiger partial charge in [-0.05, 0) is 72.8 Å². The molecule has 1 aromatic heterocycles. The van der Waals surface area contributed by atoms with E-state index in [9.17, 15) is 18.6 Å². The summed E-state index contributed by atoms with van der Waals surface area (Å²) in [5, 5.41) is 5.10. The van der Waals surface area contributed by atoms with Gasteiger partial charge in [0, 0.05) is 41.1 Å². The molecule has 0 aliphatic carbocycles. The van der Waals surface area contributed by atoms with E-state index in [0.29, 0.717) is 30.0 Å². The van der Waals surface area contributed by atoms with Crippen molar-refractivity contribution >= 4 is 52.3 Å². The lowest BCUT2D eigenvalue weighted by Crippen LogP contribution is -2.65. The van der Waals surface area contributed by atoms with E-state index >= 15 is 0 Å². The Balaban J connectivity index is 1.71. The van der Waals surface area contributed by atoms with Crippen molar-refractivity contribution in [3.05, 3.63) is 90.1 Å². The number of amides is 1. The lowest BCUT2D eigenvalue weighted by molar-refractivity contribution is 0.0526. The lowest BCUT2D eigenvalue weighted by atomic mass is 10.0. The smallest absolute Gasteiger partial charge is 0.407 e. The number of hydrogen-bond donors (Lipinski definition) is 2. The van der Waals surface area contributed by atoms with E-state index in [1.807, 2.05) is 118 Å². The molecule has 46 heavy (non-hydrogen) atoms. The van der Waals surface area contributed by atoms with Gasteiger partial charge in [-0.1, -0.05) is 88.4 Å². The molecule has 1 heterocycles. The number of nitrogens with one attached hydrogen (secondary N) is 1. The Kier molecular flexibility index (Phi) is 10.8. The van der Waals surface area contributed by atoms with E-state index in [1.165, 1.54) is 0 Å². The summed E-state index contributed by atoms with van der Waals surface area (Å²) in [6, 6.07) is 25.8. The Bertz CT molecular complexity index is 1670. The molecule has 0 aliphatic rings. The normalized spacial score (nSPS) is 13.2. The van der Waals surface area contributed by atoms with Gasteiger partial charge in [0.05, 0.1) is 16.5 Å². The number of Topliss-reactive ketones (excluding diaryl/α,β-unsaturated/α-hetero) is 1. The molecule has 0 fully saturated rings. The van der Waals surface area contributed by atoms with Crippen LogP contribution in [-0.4, -0.2) is 52.2 Å². The van der Waals surface area contributed by atoms with Crippen LogP contribution in [0.4, 0.5) is 4.79 Å². The highest BCUT2D eigenvalue weighted by molar-refractivity contribution is 7.84. The molecule has 4 aromatic rings. The van der Waals surface area contributed by atoms with E-state index in [-0.39, 0.29) is 18.2 Å². The van der Waals surface area contributed by atoms with Crippen molar-refractivity contribution < 1.29 is 23.3 Å². The number of ether oxygens (including phenoxy) is 1. The number of alkyl carbamates (subject to hydrolysis) is 1. The third-order valence-electron chi connectivity index (χ3n) is 8.56. The van der Waals surface area contributed by atoms with Gasteiger partial charge in [0.2, 0.25) is 0 Å². The van der Waals surface area contributed by atoms with Gasteiger partial charge in [-0.25, -0.2) is 4.79 Å². The minimum Gasteiger partial charge on any atom is -0.444 e. The summed E-state index contributed by atoms with van der Waals surface area (Å²) in [4.78, 5) is 39.0. The maximum atomic E-state index is 13.3. The number of carbonyl (C=O) groups is 2. The second kappa shape index (κ2) is 14.1. The molecule has 0 saturated heterocycles. The Morgan fingerprint density at radius 3 is 2.00 bits per heavy atom. The number of nitrogens with zero attached hydrogens (tertiary/aromatic N) is 1. The first-order valence-electron chi connectivity index (χ1n) is 15.9. The Morgan fingerprint density at radius 1 is 0.935 bits per heavy atom. The number of rotatable bonds is 12. The monoisotopic (exact) mass is 660 g/mol. The van der Waals surface area contributed by atoms with Crippen LogP contribution in [0.1, 0.15) is 70.9 Å². The topological polar surface area (TPSA) is 97.6 Å². The van der Waals surface area contributed by atoms with Crippen LogP contribution in [0, 0.1) is 5.92 Å². The summed E-state index contributed by atoms with van der Waals surface area (Å²) in [6.45, 7) is 14.0. The zero-order valence-corrected chi connectivity index (χ0v) is 30.2. The molecule has 0 spiro atoms. The van der Waals surface area contributed by atoms with Gasteiger partial charge in [-0.15, -0.1) is 0 Å². The van der Waals surface area contributed by atoms with Crippen LogP contribution in [0.3, 0.4) is 0 Å². The maximum absolute atomic E-state index is 13.3. The summed E-state index contributed by atoms with van der Waals surface area (Å²) in [5.41, 5.74) is 1.67. The van der Waals surface area contributed by atoms with E-state index in [1.54, 1.807) is 6.26 Å². The quantitative estimate of drug-likeness (QED) is 0.139. The van der Waals surface area contributed by atoms with E-state index in [0.717, 1.165) is 26.8 Å². The Labute approximate surface area is 277 Å². The number of benzene rings is 3. The van der Waals surface area contributed by atoms with Crippen LogP contribution in [0.5, 0.6) is 0 Å². The molecule has 0 aliphatic heterocycles. The first-order valence-corrected chi connectivity index (χ1v) is 19.4. The van der Waals surface area contributed by atoms with Crippen molar-refractivity contribution in [2.45, 2.75) is 83.4 Å². The zero-order chi connectivity index (χ0) is 33.9. The van der Waals surface area contributed by atoms with Crippen molar-refractivity contribution in [3.63, 3.8) is 0 Å². The first kappa shape index (κ1) is 35.3. The van der Waals surface area contributed by atoms with Gasteiger partial charge in [-0.2, -0.15) is 0 Å². The highest BCUT2D eigenvalue weighted by Crippen LogP contribution is 2.41. The summed E-state index contributed by atoms with van der Waals surface area (Å²) in [7, 11) is -4.52. The van der Waals surface area contributed by atoms with Gasteiger partial charge < -0.3 is 19.4 Å². The number of ketones is 1. The molecule has 0 bridgehead atoms. The van der Waals surface area contributed by atoms with E-state index in [2.05, 4.69) is 19.2 Å². The second-order valence-corrected chi connectivity index (χ2v) is 19.2. The standard InChI is InChI=1S/C37H48N2O5SSi/c1-26(2)34(40)32-24-28-23-27(33(45(8)42)25-31(28)39(32)22-21-38-35(41)44-36(3,4)5)19-20-37(6,7)46(43,29-15-11-9-12-16-29)30-17-13-10-14-18-30/h9-18,23-26,43H,19-22H2,1-8H3,(H,38,41). The van der Waals surface area contributed by atoms with Crippen LogP contribution in [0.15, 0.2) is 83.8 Å². The van der Waals surface area contributed by atoms with Crippen LogP contribution >= 0.6 is 0 Å². The van der Waals surface area contributed by atoms with Crippen LogP contribution in [-0.2, 0) is 28.5 Å². The fourth-order valence-electron chi connectivity index (χ4n) is 6.06. The Morgan fingerprint density at radius 2 is 1.50 bits per heavy atom. The van der Waals surface area contributed by atoms with Gasteiger partial charge in [0.1, 0.15) is 5.60 Å². The van der Waals surface area contributed by atoms with Crippen molar-refractivity contribution in [1.29, 1.82) is 0 Å². The van der Waals surface area contributed by atoms with Crippen LogP contribution in [0.2, 0.25) is 5.04 Å². The molecular formula is C37H48N2O5SSi. The second-order valence-electron chi connectivity index (χ2n) is 13.9. The van der Waals surface area contributed by atoms with Crippen molar-refractivity contribution in [3.8, 4) is 0 Å².